The molecule has 0 spiro atoms. The molecule has 0 bridgehead atoms. The molecule has 1 heterocycles. The molecule has 168 valence electrons. The lowest BCUT2D eigenvalue weighted by Crippen LogP contribution is -2.48. The first kappa shape index (κ1) is 24.4. The van der Waals surface area contributed by atoms with Crippen LogP contribution in [0.3, 0.4) is 0 Å². The van der Waals surface area contributed by atoms with Crippen molar-refractivity contribution in [2.24, 2.45) is 5.92 Å². The van der Waals surface area contributed by atoms with Crippen LogP contribution < -0.4 is 0 Å². The summed E-state index contributed by atoms with van der Waals surface area (Å²) in [7, 11) is 0. The van der Waals surface area contributed by atoms with Gasteiger partial charge in [-0.15, -0.1) is 0 Å². The lowest BCUT2D eigenvalue weighted by atomic mass is 9.82. The monoisotopic (exact) mass is 420 g/mol. The summed E-state index contributed by atoms with van der Waals surface area (Å²) in [6.07, 6.45) is 4.48. The number of carbonyl (C=O) groups excluding carboxylic acids is 2. The van der Waals surface area contributed by atoms with Crippen LogP contribution in [-0.4, -0.2) is 38.0 Å². The van der Waals surface area contributed by atoms with Gasteiger partial charge in [-0.25, -0.2) is 9.59 Å². The van der Waals surface area contributed by atoms with Crippen molar-refractivity contribution in [2.45, 2.75) is 78.6 Å². The predicted octanol–water partition coefficient (Wildman–Crippen LogP) is 5.23. The number of benzene rings is 1. The minimum atomic E-state index is -0.717. The maximum absolute atomic E-state index is 12.9. The maximum atomic E-state index is 12.9. The largest absolute Gasteiger partial charge is 0.462 e. The Morgan fingerprint density at radius 1 is 1.13 bits per heavy atom. The fourth-order valence-electron chi connectivity index (χ4n) is 3.81. The van der Waals surface area contributed by atoms with Gasteiger partial charge in [0, 0.05) is 13.0 Å². The molecule has 30 heavy (non-hydrogen) atoms. The molecule has 1 aliphatic heterocycles. The Morgan fingerprint density at radius 3 is 2.47 bits per heavy atom. The summed E-state index contributed by atoms with van der Waals surface area (Å²) in [6.45, 7) is 10.9. The molecule has 3 unspecified atom stereocenters. The minimum Gasteiger partial charge on any atom is -0.462 e. The number of rotatable bonds is 12. The highest BCUT2D eigenvalue weighted by Crippen LogP contribution is 2.44. The summed E-state index contributed by atoms with van der Waals surface area (Å²) < 4.78 is 22.3. The van der Waals surface area contributed by atoms with Gasteiger partial charge in [-0.3, -0.25) is 0 Å². The van der Waals surface area contributed by atoms with Gasteiger partial charge in [0.15, 0.2) is 6.29 Å². The Balaban J connectivity index is 2.26. The summed E-state index contributed by atoms with van der Waals surface area (Å²) in [6, 6.07) is 5.18. The first-order chi connectivity index (χ1) is 14.4. The lowest BCUT2D eigenvalue weighted by molar-refractivity contribution is -0.307. The van der Waals surface area contributed by atoms with Gasteiger partial charge in [0.2, 0.25) is 0 Å². The average molecular weight is 421 g/mol. The molecule has 1 aromatic rings. The average Bonchev–Trinajstić information content (AvgIpc) is 2.72. The molecule has 6 nitrogen and oxygen atoms in total. The van der Waals surface area contributed by atoms with Crippen LogP contribution in [0, 0.1) is 5.92 Å². The van der Waals surface area contributed by atoms with Gasteiger partial charge in [0.05, 0.1) is 29.9 Å². The van der Waals surface area contributed by atoms with E-state index in [2.05, 4.69) is 13.8 Å². The zero-order chi connectivity index (χ0) is 22.1. The number of carbonyl (C=O) groups is 2. The van der Waals surface area contributed by atoms with Gasteiger partial charge in [-0.1, -0.05) is 45.2 Å². The number of hydrogen-bond acceptors (Lipinski definition) is 6. The van der Waals surface area contributed by atoms with Crippen LogP contribution in [0.25, 0.3) is 0 Å². The van der Waals surface area contributed by atoms with Crippen molar-refractivity contribution in [1.82, 2.24) is 0 Å². The topological polar surface area (TPSA) is 71.1 Å². The second-order valence-electron chi connectivity index (χ2n) is 7.90. The Hall–Kier alpha value is -1.92. The van der Waals surface area contributed by atoms with E-state index in [4.69, 9.17) is 18.9 Å². The van der Waals surface area contributed by atoms with Gasteiger partial charge >= 0.3 is 11.9 Å². The number of ether oxygens (including phenoxy) is 4. The third-order valence-electron chi connectivity index (χ3n) is 5.63. The van der Waals surface area contributed by atoms with E-state index in [9.17, 15) is 9.59 Å². The van der Waals surface area contributed by atoms with E-state index in [0.29, 0.717) is 31.1 Å². The Labute approximate surface area is 180 Å². The van der Waals surface area contributed by atoms with E-state index in [1.165, 1.54) is 0 Å². The Bertz CT molecular complexity index is 708. The molecule has 1 saturated heterocycles. The molecule has 1 fully saturated rings. The Morgan fingerprint density at radius 2 is 1.87 bits per heavy atom. The first-order valence-electron chi connectivity index (χ1n) is 11.2. The van der Waals surface area contributed by atoms with Crippen molar-refractivity contribution in [3.63, 3.8) is 0 Å². The second kappa shape index (κ2) is 11.5. The van der Waals surface area contributed by atoms with E-state index in [1.54, 1.807) is 25.1 Å². The summed E-state index contributed by atoms with van der Waals surface area (Å²) in [4.78, 5) is 25.7. The van der Waals surface area contributed by atoms with Crippen LogP contribution in [0.5, 0.6) is 0 Å². The molecule has 0 amide bonds. The van der Waals surface area contributed by atoms with Gasteiger partial charge in [0.1, 0.15) is 0 Å². The van der Waals surface area contributed by atoms with Crippen molar-refractivity contribution in [3.8, 4) is 0 Å². The highest BCUT2D eigenvalue weighted by molar-refractivity contribution is 6.04. The lowest BCUT2D eigenvalue weighted by Gasteiger charge is -2.45. The van der Waals surface area contributed by atoms with Crippen LogP contribution >= 0.6 is 0 Å². The SMILES string of the molecule is CCCCC(CC)COC(=O)c1cccc(C2(C)CC(OCC)O2)c1C(=O)OCC. The zero-order valence-corrected chi connectivity index (χ0v) is 19.0. The van der Waals surface area contributed by atoms with Crippen molar-refractivity contribution in [2.75, 3.05) is 19.8 Å². The molecular formula is C24H36O6. The highest BCUT2D eigenvalue weighted by Gasteiger charge is 2.46. The smallest absolute Gasteiger partial charge is 0.339 e. The van der Waals surface area contributed by atoms with Gasteiger partial charge in [-0.2, -0.15) is 0 Å². The van der Waals surface area contributed by atoms with Crippen LogP contribution in [-0.2, 0) is 24.5 Å². The van der Waals surface area contributed by atoms with E-state index in [-0.39, 0.29) is 24.0 Å². The van der Waals surface area contributed by atoms with E-state index < -0.39 is 17.5 Å². The van der Waals surface area contributed by atoms with Crippen molar-refractivity contribution < 1.29 is 28.5 Å². The normalized spacial score (nSPS) is 21.6. The van der Waals surface area contributed by atoms with E-state index >= 15 is 0 Å². The van der Waals surface area contributed by atoms with E-state index in [1.807, 2.05) is 13.8 Å². The van der Waals surface area contributed by atoms with Gasteiger partial charge < -0.3 is 18.9 Å². The quantitative estimate of drug-likeness (QED) is 0.431. The number of unbranched alkanes of at least 4 members (excludes halogenated alkanes) is 1. The third-order valence-corrected chi connectivity index (χ3v) is 5.63. The molecule has 1 aromatic carbocycles. The van der Waals surface area contributed by atoms with Crippen LogP contribution in [0.2, 0.25) is 0 Å². The van der Waals surface area contributed by atoms with Gasteiger partial charge in [-0.05, 0) is 44.7 Å². The van der Waals surface area contributed by atoms with E-state index in [0.717, 1.165) is 25.7 Å². The number of hydrogen-bond donors (Lipinski definition) is 0. The fraction of sp³-hybridized carbons (Fsp3) is 0.667. The third kappa shape index (κ3) is 5.82. The number of esters is 2. The second-order valence-corrected chi connectivity index (χ2v) is 7.90. The maximum Gasteiger partial charge on any atom is 0.339 e. The standard InChI is InChI=1S/C24H36O6/c1-6-10-12-17(7-2)16-29-22(25)18-13-11-14-19(21(18)23(26)28-9-4)24(5)15-20(30-24)27-8-3/h11,13-14,17,20H,6-10,12,15-16H2,1-5H3. The van der Waals surface area contributed by atoms with Crippen molar-refractivity contribution in [1.29, 1.82) is 0 Å². The molecule has 0 N–H and O–H groups in total. The molecule has 3 atom stereocenters. The fourth-order valence-corrected chi connectivity index (χ4v) is 3.81. The predicted molar refractivity (Wildman–Crippen MR) is 114 cm³/mol. The van der Waals surface area contributed by atoms with Crippen LogP contribution in [0.4, 0.5) is 0 Å². The molecule has 0 radical (unpaired) electrons. The molecule has 1 aliphatic rings. The molecular weight excluding hydrogens is 384 g/mol. The molecule has 0 aliphatic carbocycles. The molecule has 0 aromatic heterocycles. The molecule has 2 rings (SSSR count). The first-order valence-corrected chi connectivity index (χ1v) is 11.2. The summed E-state index contributed by atoms with van der Waals surface area (Å²) in [5, 5.41) is 0. The van der Waals surface area contributed by atoms with Crippen LogP contribution in [0.15, 0.2) is 18.2 Å². The summed E-state index contributed by atoms with van der Waals surface area (Å²) in [5.41, 5.74) is 0.361. The highest BCUT2D eigenvalue weighted by atomic mass is 16.7. The van der Waals surface area contributed by atoms with Gasteiger partial charge in [0.25, 0.3) is 0 Å². The summed E-state index contributed by atoms with van der Waals surface area (Å²) >= 11 is 0. The minimum absolute atomic E-state index is 0.218. The molecule has 6 heteroatoms. The van der Waals surface area contributed by atoms with Crippen LogP contribution in [0.1, 0.15) is 93.0 Å². The van der Waals surface area contributed by atoms with Crippen molar-refractivity contribution >= 4 is 11.9 Å². The zero-order valence-electron chi connectivity index (χ0n) is 19.0. The summed E-state index contributed by atoms with van der Waals surface area (Å²) in [5.74, 6) is -0.718. The molecule has 0 saturated carbocycles. The van der Waals surface area contributed by atoms with Crippen molar-refractivity contribution in [3.05, 3.63) is 34.9 Å². The Kier molecular flexibility index (Phi) is 9.31.